The predicted octanol–water partition coefficient (Wildman–Crippen LogP) is 3.11. The van der Waals surface area contributed by atoms with Gasteiger partial charge in [-0.3, -0.25) is 0 Å². The van der Waals surface area contributed by atoms with Gasteiger partial charge in [-0.15, -0.1) is 0 Å². The molecule has 0 spiro atoms. The summed E-state index contributed by atoms with van der Waals surface area (Å²) in [4.78, 5) is 10.9. The number of carboxylic acids is 1. The number of carbonyl (C=O) groups is 1. The SMILES string of the molecule is COc1ccc(CCCOc2ccc(O)c(C(=O)O)c2)cc1. The van der Waals surface area contributed by atoms with E-state index in [1.807, 2.05) is 24.3 Å². The lowest BCUT2D eigenvalue weighted by atomic mass is 10.1. The number of hydrogen-bond donors (Lipinski definition) is 2. The van der Waals surface area contributed by atoms with Crippen LogP contribution < -0.4 is 9.47 Å². The average molecular weight is 302 g/mol. The van der Waals surface area contributed by atoms with Crippen LogP contribution >= 0.6 is 0 Å². The summed E-state index contributed by atoms with van der Waals surface area (Å²) in [5.41, 5.74) is 1.02. The van der Waals surface area contributed by atoms with Crippen molar-refractivity contribution in [3.8, 4) is 17.2 Å². The first kappa shape index (κ1) is 15.7. The highest BCUT2D eigenvalue weighted by molar-refractivity contribution is 5.91. The number of methoxy groups -OCH3 is 1. The van der Waals surface area contributed by atoms with Crippen molar-refractivity contribution in [2.24, 2.45) is 0 Å². The van der Waals surface area contributed by atoms with Crippen LogP contribution in [0.5, 0.6) is 17.2 Å². The summed E-state index contributed by atoms with van der Waals surface area (Å²) in [5.74, 6) is -0.186. The topological polar surface area (TPSA) is 76.0 Å². The molecule has 22 heavy (non-hydrogen) atoms. The molecule has 5 heteroatoms. The van der Waals surface area contributed by atoms with Crippen LogP contribution in [0.3, 0.4) is 0 Å². The first-order chi connectivity index (χ1) is 10.6. The van der Waals surface area contributed by atoms with Crippen molar-refractivity contribution < 1.29 is 24.5 Å². The Labute approximate surface area is 128 Å². The molecule has 5 nitrogen and oxygen atoms in total. The van der Waals surface area contributed by atoms with E-state index < -0.39 is 5.97 Å². The van der Waals surface area contributed by atoms with Crippen LogP contribution in [0.4, 0.5) is 0 Å². The third-order valence-electron chi connectivity index (χ3n) is 3.24. The lowest BCUT2D eigenvalue weighted by Crippen LogP contribution is -2.02. The molecule has 0 fully saturated rings. The minimum absolute atomic E-state index is 0.160. The Hall–Kier alpha value is -2.69. The van der Waals surface area contributed by atoms with Gasteiger partial charge in [-0.05, 0) is 48.7 Å². The summed E-state index contributed by atoms with van der Waals surface area (Å²) in [6, 6.07) is 12.0. The van der Waals surface area contributed by atoms with E-state index in [0.717, 1.165) is 18.6 Å². The number of aryl methyl sites for hydroxylation is 1. The largest absolute Gasteiger partial charge is 0.507 e. The number of aromatic hydroxyl groups is 1. The fourth-order valence-electron chi connectivity index (χ4n) is 2.03. The highest BCUT2D eigenvalue weighted by Crippen LogP contribution is 2.23. The molecule has 116 valence electrons. The van der Waals surface area contributed by atoms with Gasteiger partial charge in [0.05, 0.1) is 13.7 Å². The van der Waals surface area contributed by atoms with Gasteiger partial charge < -0.3 is 19.7 Å². The summed E-state index contributed by atoms with van der Waals surface area (Å²) in [5, 5.41) is 18.3. The van der Waals surface area contributed by atoms with Gasteiger partial charge in [-0.2, -0.15) is 0 Å². The zero-order chi connectivity index (χ0) is 15.9. The van der Waals surface area contributed by atoms with E-state index in [1.165, 1.54) is 17.7 Å². The van der Waals surface area contributed by atoms with E-state index in [0.29, 0.717) is 12.4 Å². The van der Waals surface area contributed by atoms with Gasteiger partial charge >= 0.3 is 5.97 Å². The number of ether oxygens (including phenoxy) is 2. The first-order valence-electron chi connectivity index (χ1n) is 6.92. The predicted molar refractivity (Wildman–Crippen MR) is 81.9 cm³/mol. The van der Waals surface area contributed by atoms with Crippen LogP contribution in [-0.2, 0) is 6.42 Å². The Bertz CT molecular complexity index is 634. The van der Waals surface area contributed by atoms with Crippen molar-refractivity contribution in [1.29, 1.82) is 0 Å². The highest BCUT2D eigenvalue weighted by atomic mass is 16.5. The highest BCUT2D eigenvalue weighted by Gasteiger charge is 2.10. The zero-order valence-electron chi connectivity index (χ0n) is 12.3. The number of benzene rings is 2. The van der Waals surface area contributed by atoms with Crippen molar-refractivity contribution >= 4 is 5.97 Å². The van der Waals surface area contributed by atoms with Crippen LogP contribution in [-0.4, -0.2) is 29.9 Å². The quantitative estimate of drug-likeness (QED) is 0.769. The molecule has 0 aliphatic rings. The van der Waals surface area contributed by atoms with E-state index in [-0.39, 0.29) is 11.3 Å². The summed E-state index contributed by atoms with van der Waals surface area (Å²) < 4.78 is 10.6. The molecule has 0 radical (unpaired) electrons. The molecule has 0 aliphatic carbocycles. The van der Waals surface area contributed by atoms with Gasteiger partial charge in [-0.25, -0.2) is 4.79 Å². The van der Waals surface area contributed by atoms with Gasteiger partial charge in [0.1, 0.15) is 22.8 Å². The van der Waals surface area contributed by atoms with Crippen molar-refractivity contribution in [2.45, 2.75) is 12.8 Å². The molecule has 0 aromatic heterocycles. The molecule has 2 aromatic carbocycles. The Kier molecular flexibility index (Phi) is 5.25. The average Bonchev–Trinajstić information content (AvgIpc) is 2.53. The molecular weight excluding hydrogens is 284 g/mol. The zero-order valence-corrected chi connectivity index (χ0v) is 12.3. The van der Waals surface area contributed by atoms with Gasteiger partial charge in [0.25, 0.3) is 0 Å². The van der Waals surface area contributed by atoms with Crippen molar-refractivity contribution in [3.63, 3.8) is 0 Å². The minimum Gasteiger partial charge on any atom is -0.507 e. The number of hydrogen-bond acceptors (Lipinski definition) is 4. The second-order valence-corrected chi connectivity index (χ2v) is 4.78. The molecule has 0 bridgehead atoms. The second kappa shape index (κ2) is 7.36. The van der Waals surface area contributed by atoms with E-state index in [1.54, 1.807) is 13.2 Å². The smallest absolute Gasteiger partial charge is 0.339 e. The third kappa shape index (κ3) is 4.15. The maximum absolute atomic E-state index is 10.9. The fraction of sp³-hybridized carbons (Fsp3) is 0.235. The molecule has 0 saturated carbocycles. The van der Waals surface area contributed by atoms with E-state index in [9.17, 15) is 9.90 Å². The van der Waals surface area contributed by atoms with Crippen LogP contribution in [0.15, 0.2) is 42.5 Å². The van der Waals surface area contributed by atoms with Crippen LogP contribution in [0.2, 0.25) is 0 Å². The lowest BCUT2D eigenvalue weighted by Gasteiger charge is -2.08. The van der Waals surface area contributed by atoms with Gasteiger partial charge in [0, 0.05) is 0 Å². The van der Waals surface area contributed by atoms with E-state index in [2.05, 4.69) is 0 Å². The molecule has 0 saturated heterocycles. The van der Waals surface area contributed by atoms with Crippen LogP contribution in [0, 0.1) is 0 Å². The standard InChI is InChI=1S/C17H18O5/c1-21-13-6-4-12(5-7-13)3-2-10-22-14-8-9-16(18)15(11-14)17(19)20/h4-9,11,18H,2-3,10H2,1H3,(H,19,20). The molecule has 2 rings (SSSR count). The molecule has 0 aliphatic heterocycles. The Balaban J connectivity index is 1.83. The molecule has 0 amide bonds. The summed E-state index contributed by atoms with van der Waals surface area (Å²) in [6.07, 6.45) is 1.66. The molecule has 0 heterocycles. The van der Waals surface area contributed by atoms with Gasteiger partial charge in [0.15, 0.2) is 0 Å². The molecule has 2 N–H and O–H groups in total. The molecule has 2 aromatic rings. The van der Waals surface area contributed by atoms with E-state index >= 15 is 0 Å². The van der Waals surface area contributed by atoms with Crippen LogP contribution in [0.25, 0.3) is 0 Å². The maximum atomic E-state index is 10.9. The van der Waals surface area contributed by atoms with Gasteiger partial charge in [0.2, 0.25) is 0 Å². The molecule has 0 unspecified atom stereocenters. The molecule has 0 atom stereocenters. The Morgan fingerprint density at radius 2 is 1.77 bits per heavy atom. The van der Waals surface area contributed by atoms with Crippen molar-refractivity contribution in [2.75, 3.05) is 13.7 Å². The molecular formula is C17H18O5. The summed E-state index contributed by atoms with van der Waals surface area (Å²) in [6.45, 7) is 0.468. The third-order valence-corrected chi connectivity index (χ3v) is 3.24. The normalized spacial score (nSPS) is 10.2. The monoisotopic (exact) mass is 302 g/mol. The number of aromatic carboxylic acids is 1. The number of carboxylic acid groups (broad SMARTS) is 1. The lowest BCUT2D eigenvalue weighted by molar-refractivity contribution is 0.0693. The summed E-state index contributed by atoms with van der Waals surface area (Å²) >= 11 is 0. The van der Waals surface area contributed by atoms with Gasteiger partial charge in [-0.1, -0.05) is 12.1 Å². The Morgan fingerprint density at radius 3 is 2.41 bits per heavy atom. The maximum Gasteiger partial charge on any atom is 0.339 e. The summed E-state index contributed by atoms with van der Waals surface area (Å²) in [7, 11) is 1.63. The second-order valence-electron chi connectivity index (χ2n) is 4.78. The van der Waals surface area contributed by atoms with E-state index in [4.69, 9.17) is 14.6 Å². The number of rotatable bonds is 7. The van der Waals surface area contributed by atoms with Crippen LogP contribution in [0.1, 0.15) is 22.3 Å². The number of phenols is 1. The van der Waals surface area contributed by atoms with Crippen molar-refractivity contribution in [3.05, 3.63) is 53.6 Å². The fourth-order valence-corrected chi connectivity index (χ4v) is 2.03. The first-order valence-corrected chi connectivity index (χ1v) is 6.92. The van der Waals surface area contributed by atoms with Crippen molar-refractivity contribution in [1.82, 2.24) is 0 Å². The Morgan fingerprint density at radius 1 is 1.09 bits per heavy atom. The minimum atomic E-state index is -1.18.